The summed E-state index contributed by atoms with van der Waals surface area (Å²) in [5, 5.41) is 10.5. The molecule has 1 aliphatic carbocycles. The van der Waals surface area contributed by atoms with E-state index in [0.29, 0.717) is 12.8 Å². The Bertz CT molecular complexity index is 542. The van der Waals surface area contributed by atoms with Crippen LogP contribution in [0.1, 0.15) is 39.5 Å². The predicted octanol–water partition coefficient (Wildman–Crippen LogP) is 2.30. The van der Waals surface area contributed by atoms with E-state index in [-0.39, 0.29) is 16.9 Å². The molecule has 1 aromatic carbocycles. The maximum Gasteiger partial charge on any atom is 0.240 e. The standard InChI is InChI=1S/C15H23NO3S/c1-14(2)8-10-15(17,11-9-14)12-16-20(18,19)13-6-4-3-5-7-13/h3-7,16-17H,8-12H2,1-2H3. The number of hydrogen-bond donors (Lipinski definition) is 2. The van der Waals surface area contributed by atoms with Crippen LogP contribution in [0.25, 0.3) is 0 Å². The van der Waals surface area contributed by atoms with Gasteiger partial charge in [0, 0.05) is 6.54 Å². The summed E-state index contributed by atoms with van der Waals surface area (Å²) in [6.07, 6.45) is 3.10. The lowest BCUT2D eigenvalue weighted by molar-refractivity contribution is -0.0205. The molecule has 112 valence electrons. The smallest absolute Gasteiger partial charge is 0.240 e. The van der Waals surface area contributed by atoms with Gasteiger partial charge in [0.2, 0.25) is 10.0 Å². The van der Waals surface area contributed by atoms with E-state index in [9.17, 15) is 13.5 Å². The van der Waals surface area contributed by atoms with Crippen molar-refractivity contribution in [3.05, 3.63) is 30.3 Å². The van der Waals surface area contributed by atoms with Gasteiger partial charge in [0.05, 0.1) is 10.5 Å². The zero-order valence-electron chi connectivity index (χ0n) is 12.1. The lowest BCUT2D eigenvalue weighted by atomic mass is 9.71. The SMILES string of the molecule is CC1(C)CCC(O)(CNS(=O)(=O)c2ccccc2)CC1. The zero-order chi connectivity index (χ0) is 14.9. The fraction of sp³-hybridized carbons (Fsp3) is 0.600. The maximum atomic E-state index is 12.1. The Morgan fingerprint density at radius 1 is 1.10 bits per heavy atom. The molecule has 0 heterocycles. The molecule has 1 aliphatic rings. The highest BCUT2D eigenvalue weighted by molar-refractivity contribution is 7.89. The van der Waals surface area contributed by atoms with Crippen molar-refractivity contribution < 1.29 is 13.5 Å². The van der Waals surface area contributed by atoms with Crippen LogP contribution >= 0.6 is 0 Å². The summed E-state index contributed by atoms with van der Waals surface area (Å²) in [5.74, 6) is 0. The summed E-state index contributed by atoms with van der Waals surface area (Å²) in [7, 11) is -3.54. The zero-order valence-corrected chi connectivity index (χ0v) is 12.9. The molecular formula is C15H23NO3S. The van der Waals surface area contributed by atoms with Crippen molar-refractivity contribution in [2.75, 3.05) is 6.54 Å². The molecule has 0 saturated heterocycles. The maximum absolute atomic E-state index is 12.1. The number of hydrogen-bond acceptors (Lipinski definition) is 3. The van der Waals surface area contributed by atoms with Crippen LogP contribution in [0.5, 0.6) is 0 Å². The first-order valence-electron chi connectivity index (χ1n) is 7.00. The molecule has 0 aliphatic heterocycles. The second-order valence-corrected chi connectivity index (χ2v) is 8.29. The Morgan fingerprint density at radius 2 is 1.65 bits per heavy atom. The molecule has 1 fully saturated rings. The fourth-order valence-electron chi connectivity index (χ4n) is 2.48. The van der Waals surface area contributed by atoms with Crippen molar-refractivity contribution in [3.63, 3.8) is 0 Å². The summed E-state index contributed by atoms with van der Waals surface area (Å²) < 4.78 is 26.8. The molecule has 5 heteroatoms. The fourth-order valence-corrected chi connectivity index (χ4v) is 3.62. The van der Waals surface area contributed by atoms with E-state index in [0.717, 1.165) is 12.8 Å². The van der Waals surface area contributed by atoms with Gasteiger partial charge >= 0.3 is 0 Å². The third-order valence-corrected chi connectivity index (χ3v) is 5.60. The van der Waals surface area contributed by atoms with E-state index in [4.69, 9.17) is 0 Å². The van der Waals surface area contributed by atoms with Gasteiger partial charge in [0.1, 0.15) is 0 Å². The van der Waals surface area contributed by atoms with Crippen LogP contribution in [0, 0.1) is 5.41 Å². The van der Waals surface area contributed by atoms with Crippen LogP contribution in [-0.2, 0) is 10.0 Å². The molecular weight excluding hydrogens is 274 g/mol. The first-order chi connectivity index (χ1) is 9.23. The number of aliphatic hydroxyl groups is 1. The Hall–Kier alpha value is -0.910. The monoisotopic (exact) mass is 297 g/mol. The Balaban J connectivity index is 1.99. The molecule has 2 rings (SSSR count). The first kappa shape index (κ1) is 15.5. The van der Waals surface area contributed by atoms with E-state index in [1.165, 1.54) is 0 Å². The van der Waals surface area contributed by atoms with Crippen molar-refractivity contribution in [1.82, 2.24) is 4.72 Å². The largest absolute Gasteiger partial charge is 0.389 e. The van der Waals surface area contributed by atoms with Crippen molar-refractivity contribution >= 4 is 10.0 Å². The topological polar surface area (TPSA) is 66.4 Å². The molecule has 4 nitrogen and oxygen atoms in total. The molecule has 1 aromatic rings. The van der Waals surface area contributed by atoms with Gasteiger partial charge in [-0.25, -0.2) is 13.1 Å². The van der Waals surface area contributed by atoms with Crippen molar-refractivity contribution in [2.24, 2.45) is 5.41 Å². The third kappa shape index (κ3) is 3.81. The minimum absolute atomic E-state index is 0.0836. The second kappa shape index (κ2) is 5.47. The van der Waals surface area contributed by atoms with Crippen LogP contribution in [0.3, 0.4) is 0 Å². The van der Waals surface area contributed by atoms with E-state index in [1.807, 2.05) is 0 Å². The normalized spacial score (nSPS) is 21.6. The molecule has 0 bridgehead atoms. The quantitative estimate of drug-likeness (QED) is 0.896. The van der Waals surface area contributed by atoms with Crippen LogP contribution in [0.15, 0.2) is 35.2 Å². The van der Waals surface area contributed by atoms with Crippen LogP contribution in [-0.4, -0.2) is 25.7 Å². The molecule has 1 saturated carbocycles. The Labute approximate surface area is 121 Å². The highest BCUT2D eigenvalue weighted by Gasteiger charge is 2.37. The van der Waals surface area contributed by atoms with E-state index in [1.54, 1.807) is 30.3 Å². The Kier molecular flexibility index (Phi) is 4.23. The van der Waals surface area contributed by atoms with E-state index < -0.39 is 15.6 Å². The molecule has 0 aromatic heterocycles. The van der Waals surface area contributed by atoms with Gasteiger partial charge in [0.15, 0.2) is 0 Å². The summed E-state index contributed by atoms with van der Waals surface area (Å²) in [5.41, 5.74) is -0.679. The number of benzene rings is 1. The second-order valence-electron chi connectivity index (χ2n) is 6.53. The van der Waals surface area contributed by atoms with Gasteiger partial charge in [-0.3, -0.25) is 0 Å². The van der Waals surface area contributed by atoms with Crippen molar-refractivity contribution in [2.45, 2.75) is 50.0 Å². The van der Waals surface area contributed by atoms with Crippen molar-refractivity contribution in [1.29, 1.82) is 0 Å². The van der Waals surface area contributed by atoms with E-state index >= 15 is 0 Å². The average Bonchev–Trinajstić information content (AvgIpc) is 2.42. The lowest BCUT2D eigenvalue weighted by Crippen LogP contribution is -2.46. The highest BCUT2D eigenvalue weighted by Crippen LogP contribution is 2.39. The van der Waals surface area contributed by atoms with E-state index in [2.05, 4.69) is 18.6 Å². The summed E-state index contributed by atoms with van der Waals surface area (Å²) in [6, 6.07) is 8.25. The van der Waals surface area contributed by atoms with Gasteiger partial charge in [0.25, 0.3) is 0 Å². The molecule has 0 amide bonds. The minimum Gasteiger partial charge on any atom is -0.389 e. The van der Waals surface area contributed by atoms with Gasteiger partial charge in [-0.05, 0) is 43.2 Å². The number of sulfonamides is 1. The van der Waals surface area contributed by atoms with Crippen molar-refractivity contribution in [3.8, 4) is 0 Å². The summed E-state index contributed by atoms with van der Waals surface area (Å²) >= 11 is 0. The molecule has 20 heavy (non-hydrogen) atoms. The molecule has 0 spiro atoms. The predicted molar refractivity (Wildman–Crippen MR) is 78.8 cm³/mol. The number of rotatable bonds is 4. The van der Waals surface area contributed by atoms with Crippen LogP contribution < -0.4 is 4.72 Å². The molecule has 0 atom stereocenters. The lowest BCUT2D eigenvalue weighted by Gasteiger charge is -2.40. The first-order valence-corrected chi connectivity index (χ1v) is 8.48. The summed E-state index contributed by atoms with van der Waals surface area (Å²) in [4.78, 5) is 0.236. The highest BCUT2D eigenvalue weighted by atomic mass is 32.2. The van der Waals surface area contributed by atoms with Crippen LogP contribution in [0.2, 0.25) is 0 Å². The van der Waals surface area contributed by atoms with Gasteiger partial charge in [-0.15, -0.1) is 0 Å². The molecule has 2 N–H and O–H groups in total. The summed E-state index contributed by atoms with van der Waals surface area (Å²) in [6.45, 7) is 4.45. The number of nitrogens with one attached hydrogen (secondary N) is 1. The molecule has 0 radical (unpaired) electrons. The Morgan fingerprint density at radius 3 is 2.20 bits per heavy atom. The van der Waals surface area contributed by atoms with Gasteiger partial charge in [-0.2, -0.15) is 0 Å². The van der Waals surface area contributed by atoms with Gasteiger partial charge < -0.3 is 5.11 Å². The van der Waals surface area contributed by atoms with Crippen LogP contribution in [0.4, 0.5) is 0 Å². The van der Waals surface area contributed by atoms with Gasteiger partial charge in [-0.1, -0.05) is 32.0 Å². The molecule has 0 unspecified atom stereocenters. The average molecular weight is 297 g/mol. The third-order valence-electron chi connectivity index (χ3n) is 4.18. The minimum atomic E-state index is -3.54.